The molecule has 0 aliphatic heterocycles. The van der Waals surface area contributed by atoms with Gasteiger partial charge in [-0.2, -0.15) is 5.10 Å². The summed E-state index contributed by atoms with van der Waals surface area (Å²) in [7, 11) is 0. The minimum absolute atomic E-state index is 0.898. The van der Waals surface area contributed by atoms with Gasteiger partial charge in [-0.3, -0.25) is 0 Å². The van der Waals surface area contributed by atoms with Crippen LogP contribution in [0.1, 0.15) is 11.3 Å². The van der Waals surface area contributed by atoms with Crippen LogP contribution in [0, 0.1) is 0 Å². The highest BCUT2D eigenvalue weighted by molar-refractivity contribution is 5.75. The Morgan fingerprint density at radius 3 is 2.26 bits per heavy atom. The lowest BCUT2D eigenvalue weighted by atomic mass is 10.1. The van der Waals surface area contributed by atoms with Crippen molar-refractivity contribution in [2.24, 2.45) is 0 Å². The van der Waals surface area contributed by atoms with Crippen LogP contribution in [-0.4, -0.2) is 10.3 Å². The van der Waals surface area contributed by atoms with Gasteiger partial charge < -0.3 is 0 Å². The Hall–Kier alpha value is -2.68. The van der Waals surface area contributed by atoms with Crippen LogP contribution in [0.5, 0.6) is 0 Å². The second kappa shape index (κ2) is 5.31. The minimum atomic E-state index is 0.898. The van der Waals surface area contributed by atoms with Crippen LogP contribution in [0.2, 0.25) is 0 Å². The van der Waals surface area contributed by atoms with E-state index in [4.69, 9.17) is 0 Å². The van der Waals surface area contributed by atoms with E-state index < -0.39 is 0 Å². The molecule has 0 saturated carbocycles. The van der Waals surface area contributed by atoms with E-state index in [0.717, 1.165) is 22.5 Å². The first-order valence-corrected chi connectivity index (χ1v) is 6.18. The Morgan fingerprint density at radius 1 is 0.842 bits per heavy atom. The number of H-pyrrole nitrogens is 2. The SMILES string of the molecule is C(=Cc1n[nH][nH+]c1-c1ccccc1)c1ccccc1. The summed E-state index contributed by atoms with van der Waals surface area (Å²) in [6.07, 6.45) is 4.06. The van der Waals surface area contributed by atoms with E-state index in [1.807, 2.05) is 42.5 Å². The van der Waals surface area contributed by atoms with E-state index in [2.05, 4.69) is 45.8 Å². The highest BCUT2D eigenvalue weighted by Crippen LogP contribution is 2.18. The average molecular weight is 248 g/mol. The molecule has 1 aromatic heterocycles. The van der Waals surface area contributed by atoms with Gasteiger partial charge in [0.2, 0.25) is 11.4 Å². The first kappa shape index (κ1) is 11.4. The molecular weight excluding hydrogens is 234 g/mol. The van der Waals surface area contributed by atoms with Gasteiger partial charge in [-0.25, -0.2) is 0 Å². The fourth-order valence-electron chi connectivity index (χ4n) is 1.95. The van der Waals surface area contributed by atoms with E-state index in [1.165, 1.54) is 0 Å². The molecule has 0 fully saturated rings. The molecule has 19 heavy (non-hydrogen) atoms. The number of nitrogens with one attached hydrogen (secondary N) is 2. The van der Waals surface area contributed by atoms with Gasteiger partial charge in [-0.05, 0) is 11.6 Å². The van der Waals surface area contributed by atoms with Crippen molar-refractivity contribution in [1.82, 2.24) is 10.3 Å². The topological polar surface area (TPSA) is 42.8 Å². The van der Waals surface area contributed by atoms with E-state index in [9.17, 15) is 0 Å². The zero-order chi connectivity index (χ0) is 12.9. The summed E-state index contributed by atoms with van der Waals surface area (Å²) in [4.78, 5) is 0. The molecule has 0 saturated heterocycles. The molecule has 2 N–H and O–H groups in total. The summed E-state index contributed by atoms with van der Waals surface area (Å²) in [5.74, 6) is 0. The van der Waals surface area contributed by atoms with Gasteiger partial charge >= 0.3 is 0 Å². The molecule has 0 radical (unpaired) electrons. The van der Waals surface area contributed by atoms with E-state index in [0.29, 0.717) is 0 Å². The second-order valence-electron chi connectivity index (χ2n) is 4.22. The number of nitrogens with zero attached hydrogens (tertiary/aromatic N) is 1. The Morgan fingerprint density at radius 2 is 1.53 bits per heavy atom. The van der Waals surface area contributed by atoms with Crippen LogP contribution in [-0.2, 0) is 0 Å². The van der Waals surface area contributed by atoms with Crippen LogP contribution < -0.4 is 5.10 Å². The molecule has 0 amide bonds. The van der Waals surface area contributed by atoms with Crippen molar-refractivity contribution in [1.29, 1.82) is 0 Å². The van der Waals surface area contributed by atoms with Crippen LogP contribution in [0.25, 0.3) is 23.4 Å². The molecular formula is C16H14N3+. The number of aromatic amines is 2. The number of hydrogen-bond donors (Lipinski definition) is 1. The minimum Gasteiger partial charge on any atom is -0.168 e. The van der Waals surface area contributed by atoms with Crippen molar-refractivity contribution in [2.75, 3.05) is 0 Å². The van der Waals surface area contributed by atoms with Crippen molar-refractivity contribution in [3.8, 4) is 11.3 Å². The Kier molecular flexibility index (Phi) is 3.19. The summed E-state index contributed by atoms with van der Waals surface area (Å²) in [5.41, 5.74) is 4.16. The second-order valence-corrected chi connectivity index (χ2v) is 4.22. The lowest BCUT2D eigenvalue weighted by molar-refractivity contribution is -0.443. The Balaban J connectivity index is 1.91. The molecule has 3 nitrogen and oxygen atoms in total. The summed E-state index contributed by atoms with van der Waals surface area (Å²) in [5, 5.41) is 10.1. The molecule has 0 spiro atoms. The van der Waals surface area contributed by atoms with Gasteiger partial charge in [0, 0.05) is 10.7 Å². The lowest BCUT2D eigenvalue weighted by Gasteiger charge is -1.92. The molecule has 1 heterocycles. The highest BCUT2D eigenvalue weighted by atomic mass is 15.3. The fraction of sp³-hybridized carbons (Fsp3) is 0. The molecule has 3 aromatic rings. The summed E-state index contributed by atoms with van der Waals surface area (Å²) in [6, 6.07) is 20.3. The third-order valence-corrected chi connectivity index (χ3v) is 2.91. The number of benzene rings is 2. The summed E-state index contributed by atoms with van der Waals surface area (Å²) in [6.45, 7) is 0. The van der Waals surface area contributed by atoms with Crippen molar-refractivity contribution < 1.29 is 5.10 Å². The standard InChI is InChI=1S/C16H13N3/c1-3-7-13(8-4-1)11-12-15-16(18-19-17-15)14-9-5-2-6-10-14/h1-12H,(H,17,18,19)/p+1. The Bertz CT molecular complexity index is 669. The quantitative estimate of drug-likeness (QED) is 0.760. The number of rotatable bonds is 3. The van der Waals surface area contributed by atoms with Gasteiger partial charge in [0.25, 0.3) is 0 Å². The molecule has 0 aliphatic rings. The first-order chi connectivity index (χ1) is 9.43. The summed E-state index contributed by atoms with van der Waals surface area (Å²) < 4.78 is 0. The predicted octanol–water partition coefficient (Wildman–Crippen LogP) is 3.06. The van der Waals surface area contributed by atoms with Crippen molar-refractivity contribution in [3.05, 3.63) is 71.9 Å². The number of hydrogen-bond acceptors (Lipinski definition) is 1. The van der Waals surface area contributed by atoms with Gasteiger partial charge in [-0.1, -0.05) is 72.0 Å². The zero-order valence-corrected chi connectivity index (χ0v) is 10.4. The molecule has 2 aromatic carbocycles. The van der Waals surface area contributed by atoms with Crippen LogP contribution in [0.15, 0.2) is 60.7 Å². The van der Waals surface area contributed by atoms with E-state index in [-0.39, 0.29) is 0 Å². The highest BCUT2D eigenvalue weighted by Gasteiger charge is 2.13. The van der Waals surface area contributed by atoms with Gasteiger partial charge in [0.05, 0.1) is 0 Å². The molecule has 92 valence electrons. The smallest absolute Gasteiger partial charge is 0.168 e. The average Bonchev–Trinajstić information content (AvgIpc) is 2.95. The first-order valence-electron chi connectivity index (χ1n) is 6.18. The molecule has 3 rings (SSSR count). The third kappa shape index (κ3) is 2.60. The monoisotopic (exact) mass is 248 g/mol. The van der Waals surface area contributed by atoms with Gasteiger partial charge in [-0.15, -0.1) is 0 Å². The third-order valence-electron chi connectivity index (χ3n) is 2.91. The van der Waals surface area contributed by atoms with Crippen LogP contribution in [0.3, 0.4) is 0 Å². The van der Waals surface area contributed by atoms with E-state index >= 15 is 0 Å². The Labute approximate surface area is 111 Å². The molecule has 0 unspecified atom stereocenters. The van der Waals surface area contributed by atoms with Crippen LogP contribution in [0.4, 0.5) is 0 Å². The lowest BCUT2D eigenvalue weighted by Crippen LogP contribution is -2.05. The molecule has 0 atom stereocenters. The van der Waals surface area contributed by atoms with Gasteiger partial charge in [0.15, 0.2) is 0 Å². The van der Waals surface area contributed by atoms with Gasteiger partial charge in [0.1, 0.15) is 0 Å². The van der Waals surface area contributed by atoms with Crippen LogP contribution >= 0.6 is 0 Å². The zero-order valence-electron chi connectivity index (χ0n) is 10.4. The molecule has 3 heteroatoms. The largest absolute Gasteiger partial charge is 0.249 e. The number of aromatic nitrogens is 3. The molecule has 0 aliphatic carbocycles. The maximum atomic E-state index is 4.24. The van der Waals surface area contributed by atoms with Crippen molar-refractivity contribution in [3.63, 3.8) is 0 Å². The van der Waals surface area contributed by atoms with E-state index in [1.54, 1.807) is 0 Å². The van der Waals surface area contributed by atoms with Crippen molar-refractivity contribution in [2.45, 2.75) is 0 Å². The maximum absolute atomic E-state index is 4.24. The van der Waals surface area contributed by atoms with Crippen molar-refractivity contribution >= 4 is 12.2 Å². The maximum Gasteiger partial charge on any atom is 0.249 e. The predicted molar refractivity (Wildman–Crippen MR) is 75.9 cm³/mol. The fourth-order valence-corrected chi connectivity index (χ4v) is 1.95. The summed E-state index contributed by atoms with van der Waals surface area (Å²) >= 11 is 0. The molecule has 0 bridgehead atoms. The normalized spacial score (nSPS) is 10.9.